The maximum absolute atomic E-state index is 5.95. The molecule has 22 heavy (non-hydrogen) atoms. The Morgan fingerprint density at radius 1 is 1.36 bits per heavy atom. The van der Waals surface area contributed by atoms with E-state index >= 15 is 0 Å². The molecule has 0 spiro atoms. The molecule has 1 saturated heterocycles. The van der Waals surface area contributed by atoms with Crippen molar-refractivity contribution in [2.45, 2.75) is 25.3 Å². The van der Waals surface area contributed by atoms with E-state index in [1.807, 2.05) is 0 Å². The summed E-state index contributed by atoms with van der Waals surface area (Å²) in [5, 5.41) is 3.23. The number of rotatable bonds is 8. The van der Waals surface area contributed by atoms with Crippen molar-refractivity contribution in [2.24, 2.45) is 16.6 Å². The highest BCUT2D eigenvalue weighted by atomic mass is 127. The topological polar surface area (TPSA) is 66.1 Å². The van der Waals surface area contributed by atoms with Crippen LogP contribution in [0.5, 0.6) is 0 Å². The molecule has 1 saturated carbocycles. The summed E-state index contributed by atoms with van der Waals surface area (Å²) in [6.45, 7) is 6.63. The summed E-state index contributed by atoms with van der Waals surface area (Å²) in [5.74, 6) is 1.40. The molecule has 0 radical (unpaired) electrons. The van der Waals surface area contributed by atoms with E-state index in [0.717, 1.165) is 58.3 Å². The van der Waals surface area contributed by atoms with Gasteiger partial charge in [-0.15, -0.1) is 24.0 Å². The third kappa shape index (κ3) is 7.43. The van der Waals surface area contributed by atoms with Gasteiger partial charge in [0.05, 0.1) is 19.8 Å². The second kappa shape index (κ2) is 10.6. The van der Waals surface area contributed by atoms with E-state index < -0.39 is 0 Å². The van der Waals surface area contributed by atoms with Crippen molar-refractivity contribution in [1.82, 2.24) is 15.1 Å². The van der Waals surface area contributed by atoms with Gasteiger partial charge in [0, 0.05) is 25.7 Å². The van der Waals surface area contributed by atoms with Gasteiger partial charge in [-0.3, -0.25) is 9.89 Å². The SMILES string of the molecule is CN(C)C(CN=C(N)NCCCN1CCOCC1)C1CC1.I. The molecular weight excluding hydrogens is 393 g/mol. The van der Waals surface area contributed by atoms with Crippen molar-refractivity contribution in [2.75, 3.05) is 60.0 Å². The molecule has 0 aromatic rings. The van der Waals surface area contributed by atoms with E-state index in [1.54, 1.807) is 0 Å². The maximum Gasteiger partial charge on any atom is 0.188 e. The second-order valence-corrected chi connectivity index (χ2v) is 6.33. The predicted octanol–water partition coefficient (Wildman–Crippen LogP) is 0.571. The molecular formula is C15H32IN5O. The number of halogens is 1. The average Bonchev–Trinajstić information content (AvgIpc) is 3.29. The highest BCUT2D eigenvalue weighted by Gasteiger charge is 2.32. The van der Waals surface area contributed by atoms with Crippen LogP contribution >= 0.6 is 24.0 Å². The summed E-state index contributed by atoms with van der Waals surface area (Å²) in [4.78, 5) is 9.21. The Labute approximate surface area is 151 Å². The van der Waals surface area contributed by atoms with Crippen LogP contribution in [0.25, 0.3) is 0 Å². The number of nitrogens with one attached hydrogen (secondary N) is 1. The molecule has 0 aromatic heterocycles. The minimum absolute atomic E-state index is 0. The maximum atomic E-state index is 5.95. The number of nitrogens with two attached hydrogens (primary N) is 1. The Bertz CT molecular complexity index is 328. The van der Waals surface area contributed by atoms with Gasteiger partial charge >= 0.3 is 0 Å². The van der Waals surface area contributed by atoms with Crippen LogP contribution in [0.2, 0.25) is 0 Å². The van der Waals surface area contributed by atoms with Gasteiger partial charge in [-0.25, -0.2) is 0 Å². The highest BCUT2D eigenvalue weighted by molar-refractivity contribution is 14.0. The molecule has 3 N–H and O–H groups in total. The highest BCUT2D eigenvalue weighted by Crippen LogP contribution is 2.34. The number of ether oxygens (including phenoxy) is 1. The van der Waals surface area contributed by atoms with Crippen molar-refractivity contribution in [3.63, 3.8) is 0 Å². The van der Waals surface area contributed by atoms with Crippen LogP contribution in [0.1, 0.15) is 19.3 Å². The smallest absolute Gasteiger partial charge is 0.188 e. The van der Waals surface area contributed by atoms with E-state index in [0.29, 0.717) is 12.0 Å². The Morgan fingerprint density at radius 2 is 2.05 bits per heavy atom. The third-order valence-corrected chi connectivity index (χ3v) is 4.34. The molecule has 1 unspecified atom stereocenters. The van der Waals surface area contributed by atoms with Crippen molar-refractivity contribution in [3.8, 4) is 0 Å². The van der Waals surface area contributed by atoms with Gasteiger partial charge in [0.1, 0.15) is 0 Å². The molecule has 1 heterocycles. The summed E-state index contributed by atoms with van der Waals surface area (Å²) in [6.07, 6.45) is 3.77. The molecule has 1 atom stereocenters. The largest absolute Gasteiger partial charge is 0.379 e. The first-order chi connectivity index (χ1) is 10.2. The molecule has 130 valence electrons. The van der Waals surface area contributed by atoms with Crippen LogP contribution in [0.15, 0.2) is 4.99 Å². The number of likely N-dealkylation sites (N-methyl/N-ethyl adjacent to an activating group) is 1. The Morgan fingerprint density at radius 3 is 2.64 bits per heavy atom. The lowest BCUT2D eigenvalue weighted by Crippen LogP contribution is -2.39. The quantitative estimate of drug-likeness (QED) is 0.258. The summed E-state index contributed by atoms with van der Waals surface area (Å²) in [7, 11) is 4.26. The number of aliphatic imine (C=N–C) groups is 1. The van der Waals surface area contributed by atoms with Crippen molar-refractivity contribution < 1.29 is 4.74 Å². The number of nitrogens with zero attached hydrogens (tertiary/aromatic N) is 3. The summed E-state index contributed by atoms with van der Waals surface area (Å²) in [5.41, 5.74) is 5.95. The molecule has 2 aliphatic rings. The summed E-state index contributed by atoms with van der Waals surface area (Å²) >= 11 is 0. The zero-order valence-electron chi connectivity index (χ0n) is 14.0. The first kappa shape index (κ1) is 19.9. The average molecular weight is 425 g/mol. The Kier molecular flexibility index (Phi) is 9.62. The van der Waals surface area contributed by atoms with Crippen LogP contribution in [-0.4, -0.2) is 81.8 Å². The van der Waals surface area contributed by atoms with E-state index in [1.165, 1.54) is 12.8 Å². The molecule has 0 bridgehead atoms. The number of hydrogen-bond acceptors (Lipinski definition) is 4. The fourth-order valence-electron chi connectivity index (χ4n) is 2.81. The van der Waals surface area contributed by atoms with Crippen molar-refractivity contribution >= 4 is 29.9 Å². The van der Waals surface area contributed by atoms with Crippen LogP contribution in [0, 0.1) is 5.92 Å². The molecule has 1 aliphatic carbocycles. The molecule has 1 aliphatic heterocycles. The number of morpholine rings is 1. The second-order valence-electron chi connectivity index (χ2n) is 6.33. The normalized spacial score (nSPS) is 21.5. The number of hydrogen-bond donors (Lipinski definition) is 2. The lowest BCUT2D eigenvalue weighted by atomic mass is 10.2. The molecule has 2 rings (SSSR count). The van der Waals surface area contributed by atoms with E-state index in [9.17, 15) is 0 Å². The third-order valence-electron chi connectivity index (χ3n) is 4.34. The molecule has 6 nitrogen and oxygen atoms in total. The van der Waals surface area contributed by atoms with Crippen molar-refractivity contribution in [1.29, 1.82) is 0 Å². The van der Waals surface area contributed by atoms with Crippen LogP contribution in [0.3, 0.4) is 0 Å². The Balaban J connectivity index is 0.00000242. The van der Waals surface area contributed by atoms with Crippen LogP contribution in [-0.2, 0) is 4.74 Å². The fourth-order valence-corrected chi connectivity index (χ4v) is 2.81. The van der Waals surface area contributed by atoms with Gasteiger partial charge in [0.2, 0.25) is 0 Å². The first-order valence-electron chi connectivity index (χ1n) is 8.17. The molecule has 0 aromatic carbocycles. The number of guanidine groups is 1. The minimum Gasteiger partial charge on any atom is -0.379 e. The minimum atomic E-state index is 0. The van der Waals surface area contributed by atoms with Gasteiger partial charge in [-0.2, -0.15) is 0 Å². The zero-order valence-corrected chi connectivity index (χ0v) is 16.3. The monoisotopic (exact) mass is 425 g/mol. The van der Waals surface area contributed by atoms with Crippen LogP contribution < -0.4 is 11.1 Å². The van der Waals surface area contributed by atoms with E-state index in [-0.39, 0.29) is 24.0 Å². The van der Waals surface area contributed by atoms with E-state index in [2.05, 4.69) is 34.2 Å². The standard InChI is InChI=1S/C15H31N5O.HI/c1-19(2)14(13-4-5-13)12-18-15(16)17-6-3-7-20-8-10-21-11-9-20;/h13-14H,3-12H2,1-2H3,(H3,16,17,18);1H. The van der Waals surface area contributed by atoms with Crippen LogP contribution in [0.4, 0.5) is 0 Å². The van der Waals surface area contributed by atoms with Gasteiger partial charge in [-0.1, -0.05) is 0 Å². The van der Waals surface area contributed by atoms with Gasteiger partial charge < -0.3 is 20.7 Å². The lowest BCUT2D eigenvalue weighted by Gasteiger charge is -2.26. The van der Waals surface area contributed by atoms with Gasteiger partial charge in [-0.05, 0) is 45.8 Å². The van der Waals surface area contributed by atoms with Gasteiger partial charge in [0.15, 0.2) is 5.96 Å². The molecule has 2 fully saturated rings. The first-order valence-corrected chi connectivity index (χ1v) is 8.17. The predicted molar refractivity (Wildman–Crippen MR) is 102 cm³/mol. The van der Waals surface area contributed by atoms with Gasteiger partial charge in [0.25, 0.3) is 0 Å². The van der Waals surface area contributed by atoms with E-state index in [4.69, 9.17) is 10.5 Å². The summed E-state index contributed by atoms with van der Waals surface area (Å²) < 4.78 is 5.34. The zero-order chi connectivity index (χ0) is 15.1. The fraction of sp³-hybridized carbons (Fsp3) is 0.933. The lowest BCUT2D eigenvalue weighted by molar-refractivity contribution is 0.0376. The van der Waals surface area contributed by atoms with Crippen molar-refractivity contribution in [3.05, 3.63) is 0 Å². The molecule has 0 amide bonds. The molecule has 7 heteroatoms. The Hall–Kier alpha value is -0.120. The summed E-state index contributed by atoms with van der Waals surface area (Å²) in [6, 6.07) is 0.540.